The number of non-ortho nitro benzene ring substituents is 1. The molecular formula is C13H19IN4O3S. The number of aliphatic imine (C=N–C) groups is 1. The van der Waals surface area contributed by atoms with Gasteiger partial charge in [-0.3, -0.25) is 10.1 Å². The predicted molar refractivity (Wildman–Crippen MR) is 99.3 cm³/mol. The smallest absolute Gasteiger partial charge is 0.270 e. The molecule has 0 aromatic heterocycles. The first-order valence-electron chi connectivity index (χ1n) is 6.55. The summed E-state index contributed by atoms with van der Waals surface area (Å²) in [6, 6.07) is 4.47. The Morgan fingerprint density at radius 2 is 2.18 bits per heavy atom. The molecule has 0 radical (unpaired) electrons. The number of ether oxygens (including phenoxy) is 1. The van der Waals surface area contributed by atoms with Crippen LogP contribution >= 0.6 is 35.7 Å². The van der Waals surface area contributed by atoms with E-state index in [4.69, 9.17) is 10.5 Å². The molecule has 1 aliphatic heterocycles. The van der Waals surface area contributed by atoms with E-state index < -0.39 is 4.92 Å². The number of benzene rings is 1. The zero-order chi connectivity index (χ0) is 15.2. The first-order chi connectivity index (χ1) is 10.1. The Morgan fingerprint density at radius 3 is 2.77 bits per heavy atom. The van der Waals surface area contributed by atoms with E-state index in [2.05, 4.69) is 4.99 Å². The van der Waals surface area contributed by atoms with Gasteiger partial charge in [0.1, 0.15) is 5.75 Å². The summed E-state index contributed by atoms with van der Waals surface area (Å²) in [5.41, 5.74) is 6.65. The van der Waals surface area contributed by atoms with Crippen molar-refractivity contribution in [2.45, 2.75) is 6.54 Å². The maximum atomic E-state index is 10.8. The summed E-state index contributed by atoms with van der Waals surface area (Å²) in [5, 5.41) is 10.8. The summed E-state index contributed by atoms with van der Waals surface area (Å²) in [6.45, 7) is 2.03. The number of hydrogen-bond acceptors (Lipinski definition) is 5. The van der Waals surface area contributed by atoms with Crippen LogP contribution in [0.4, 0.5) is 5.69 Å². The first-order valence-corrected chi connectivity index (χ1v) is 7.71. The van der Waals surface area contributed by atoms with Gasteiger partial charge in [0.05, 0.1) is 18.6 Å². The predicted octanol–water partition coefficient (Wildman–Crippen LogP) is 2.08. The minimum atomic E-state index is -0.433. The lowest BCUT2D eigenvalue weighted by Gasteiger charge is -2.27. The molecule has 0 amide bonds. The van der Waals surface area contributed by atoms with E-state index in [1.54, 1.807) is 6.07 Å². The van der Waals surface area contributed by atoms with Gasteiger partial charge in [-0.25, -0.2) is 4.99 Å². The van der Waals surface area contributed by atoms with Crippen LogP contribution in [-0.2, 0) is 6.54 Å². The molecule has 1 saturated heterocycles. The molecule has 2 N–H and O–H groups in total. The monoisotopic (exact) mass is 438 g/mol. The Morgan fingerprint density at radius 1 is 1.50 bits per heavy atom. The summed E-state index contributed by atoms with van der Waals surface area (Å²) in [6.07, 6.45) is 0. The van der Waals surface area contributed by atoms with Crippen LogP contribution < -0.4 is 10.5 Å². The third kappa shape index (κ3) is 4.90. The fourth-order valence-electron chi connectivity index (χ4n) is 2.06. The van der Waals surface area contributed by atoms with Crippen LogP contribution in [0.3, 0.4) is 0 Å². The van der Waals surface area contributed by atoms with Crippen molar-refractivity contribution in [3.63, 3.8) is 0 Å². The minimum absolute atomic E-state index is 0. The Bertz CT molecular complexity index is 550. The minimum Gasteiger partial charge on any atom is -0.496 e. The molecule has 0 unspecified atom stereocenters. The lowest BCUT2D eigenvalue weighted by molar-refractivity contribution is -0.384. The Hall–Kier alpha value is -1.23. The molecule has 1 aromatic carbocycles. The van der Waals surface area contributed by atoms with E-state index in [0.717, 1.165) is 24.6 Å². The van der Waals surface area contributed by atoms with Gasteiger partial charge in [-0.2, -0.15) is 11.8 Å². The lowest BCUT2D eigenvalue weighted by atomic mass is 10.2. The topological polar surface area (TPSA) is 94.0 Å². The molecule has 0 bridgehead atoms. The Labute approximate surface area is 150 Å². The number of nitro benzene ring substituents is 1. The SMILES string of the molecule is COc1ccc([N+](=O)[O-])cc1CN=C(N)N1CCSCC1.I. The van der Waals surface area contributed by atoms with E-state index in [0.29, 0.717) is 17.3 Å². The number of rotatable bonds is 4. The van der Waals surface area contributed by atoms with Gasteiger partial charge in [0.25, 0.3) is 5.69 Å². The molecule has 0 aliphatic carbocycles. The third-order valence-corrected chi connectivity index (χ3v) is 4.16. The van der Waals surface area contributed by atoms with Gasteiger partial charge in [-0.15, -0.1) is 24.0 Å². The molecule has 0 saturated carbocycles. The lowest BCUT2D eigenvalue weighted by Crippen LogP contribution is -2.42. The number of halogens is 1. The van der Waals surface area contributed by atoms with E-state index in [-0.39, 0.29) is 36.2 Å². The quantitative estimate of drug-likeness (QED) is 0.254. The molecule has 1 aliphatic rings. The van der Waals surface area contributed by atoms with E-state index in [1.807, 2.05) is 16.7 Å². The molecule has 0 spiro atoms. The van der Waals surface area contributed by atoms with Gasteiger partial charge in [-0.05, 0) is 6.07 Å². The number of hydrogen-bond donors (Lipinski definition) is 1. The fourth-order valence-corrected chi connectivity index (χ4v) is 2.96. The van der Waals surface area contributed by atoms with Gasteiger partial charge in [0, 0.05) is 42.3 Å². The number of nitrogens with two attached hydrogens (primary N) is 1. The summed E-state index contributed by atoms with van der Waals surface area (Å²) in [4.78, 5) is 16.8. The van der Waals surface area contributed by atoms with E-state index >= 15 is 0 Å². The average molecular weight is 438 g/mol. The van der Waals surface area contributed by atoms with Crippen LogP contribution in [-0.4, -0.2) is 47.5 Å². The number of guanidine groups is 1. The summed E-state index contributed by atoms with van der Waals surface area (Å²) < 4.78 is 5.21. The number of methoxy groups -OCH3 is 1. The van der Waals surface area contributed by atoms with Crippen molar-refractivity contribution in [1.82, 2.24) is 4.90 Å². The van der Waals surface area contributed by atoms with Gasteiger partial charge >= 0.3 is 0 Å². The Balaban J connectivity index is 0.00000242. The number of nitrogens with zero attached hydrogens (tertiary/aromatic N) is 3. The maximum Gasteiger partial charge on any atom is 0.270 e. The second-order valence-electron chi connectivity index (χ2n) is 4.53. The maximum absolute atomic E-state index is 10.8. The molecule has 22 heavy (non-hydrogen) atoms. The summed E-state index contributed by atoms with van der Waals surface area (Å²) in [7, 11) is 1.53. The van der Waals surface area contributed by atoms with Gasteiger partial charge in [0.2, 0.25) is 0 Å². The molecule has 7 nitrogen and oxygen atoms in total. The van der Waals surface area contributed by atoms with Crippen LogP contribution in [0.1, 0.15) is 5.56 Å². The number of thioether (sulfide) groups is 1. The molecule has 1 fully saturated rings. The van der Waals surface area contributed by atoms with Crippen LogP contribution in [0.15, 0.2) is 23.2 Å². The summed E-state index contributed by atoms with van der Waals surface area (Å²) in [5.74, 6) is 3.13. The number of nitro groups is 1. The van der Waals surface area contributed by atoms with Crippen molar-refractivity contribution < 1.29 is 9.66 Å². The fraction of sp³-hybridized carbons (Fsp3) is 0.462. The van der Waals surface area contributed by atoms with Gasteiger partial charge in [0.15, 0.2) is 5.96 Å². The molecule has 9 heteroatoms. The second kappa shape index (κ2) is 9.03. The molecule has 2 rings (SSSR count). The average Bonchev–Trinajstić information content (AvgIpc) is 2.53. The van der Waals surface area contributed by atoms with Crippen molar-refractivity contribution in [3.05, 3.63) is 33.9 Å². The van der Waals surface area contributed by atoms with Crippen molar-refractivity contribution in [3.8, 4) is 5.75 Å². The largest absolute Gasteiger partial charge is 0.496 e. The van der Waals surface area contributed by atoms with Crippen LogP contribution in [0, 0.1) is 10.1 Å². The van der Waals surface area contributed by atoms with Crippen LogP contribution in [0.2, 0.25) is 0 Å². The van der Waals surface area contributed by atoms with Crippen molar-refractivity contribution in [2.24, 2.45) is 10.7 Å². The molecular weight excluding hydrogens is 419 g/mol. The van der Waals surface area contributed by atoms with Crippen molar-refractivity contribution >= 4 is 47.4 Å². The zero-order valence-electron chi connectivity index (χ0n) is 12.2. The molecule has 1 aromatic rings. The molecule has 122 valence electrons. The first kappa shape index (κ1) is 18.8. The normalized spacial score (nSPS) is 15.1. The van der Waals surface area contributed by atoms with Gasteiger partial charge in [-0.1, -0.05) is 0 Å². The molecule has 1 heterocycles. The van der Waals surface area contributed by atoms with Crippen LogP contribution in [0.25, 0.3) is 0 Å². The summed E-state index contributed by atoms with van der Waals surface area (Å²) >= 11 is 1.89. The standard InChI is InChI=1S/C13H18N4O3S.HI/c1-20-12-3-2-11(17(18)19)8-10(12)9-15-13(14)16-4-6-21-7-5-16;/h2-3,8H,4-7,9H2,1H3,(H2,14,15);1H. The highest BCUT2D eigenvalue weighted by atomic mass is 127. The highest BCUT2D eigenvalue weighted by Crippen LogP contribution is 2.24. The third-order valence-electron chi connectivity index (χ3n) is 3.22. The van der Waals surface area contributed by atoms with E-state index in [9.17, 15) is 10.1 Å². The van der Waals surface area contributed by atoms with Crippen molar-refractivity contribution in [1.29, 1.82) is 0 Å². The van der Waals surface area contributed by atoms with Gasteiger partial charge < -0.3 is 15.4 Å². The second-order valence-corrected chi connectivity index (χ2v) is 5.75. The Kier molecular flexibility index (Phi) is 7.73. The van der Waals surface area contributed by atoms with E-state index in [1.165, 1.54) is 19.2 Å². The van der Waals surface area contributed by atoms with Crippen LogP contribution in [0.5, 0.6) is 5.75 Å². The zero-order valence-corrected chi connectivity index (χ0v) is 15.4. The highest BCUT2D eigenvalue weighted by molar-refractivity contribution is 14.0. The van der Waals surface area contributed by atoms with Crippen molar-refractivity contribution in [2.75, 3.05) is 31.7 Å². The highest BCUT2D eigenvalue weighted by Gasteiger charge is 2.14. The molecule has 0 atom stereocenters.